The van der Waals surface area contributed by atoms with Crippen LogP contribution in [0.5, 0.6) is 0 Å². The van der Waals surface area contributed by atoms with Gasteiger partial charge in [-0.05, 0) is 54.5 Å². The molecule has 2 nitrogen and oxygen atoms in total. The van der Waals surface area contributed by atoms with Crippen LogP contribution in [0.4, 0.5) is 0 Å². The first-order valence-electron chi connectivity index (χ1n) is 12.3. The Morgan fingerprint density at radius 2 is 1.12 bits per heavy atom. The van der Waals surface area contributed by atoms with Crippen molar-refractivity contribution in [3.8, 4) is 22.5 Å². The van der Waals surface area contributed by atoms with E-state index in [0.717, 1.165) is 35.4 Å². The van der Waals surface area contributed by atoms with E-state index in [2.05, 4.69) is 103 Å². The molecule has 0 atom stereocenters. The Kier molecular flexibility index (Phi) is 7.06. The molecule has 0 aliphatic heterocycles. The molecule has 4 aromatic carbocycles. The fourth-order valence-corrected chi connectivity index (χ4v) is 4.55. The second-order valence-corrected chi connectivity index (χ2v) is 8.86. The fourth-order valence-electron chi connectivity index (χ4n) is 4.55. The van der Waals surface area contributed by atoms with E-state index in [1.807, 2.05) is 6.07 Å². The van der Waals surface area contributed by atoms with Crippen molar-refractivity contribution in [1.82, 2.24) is 9.97 Å². The Balaban J connectivity index is 1.31. The molecule has 1 aromatic heterocycles. The normalized spacial score (nSPS) is 11.1. The van der Waals surface area contributed by atoms with Crippen LogP contribution in [0.2, 0.25) is 0 Å². The summed E-state index contributed by atoms with van der Waals surface area (Å²) in [4.78, 5) is 9.98. The van der Waals surface area contributed by atoms with E-state index >= 15 is 0 Å². The van der Waals surface area contributed by atoms with Crippen molar-refractivity contribution in [3.05, 3.63) is 120 Å². The third kappa shape index (κ3) is 5.40. The van der Waals surface area contributed by atoms with Gasteiger partial charge in [0.2, 0.25) is 0 Å². The summed E-state index contributed by atoms with van der Waals surface area (Å²) in [5.41, 5.74) is 7.09. The van der Waals surface area contributed by atoms with Gasteiger partial charge in [-0.1, -0.05) is 110 Å². The van der Waals surface area contributed by atoms with E-state index in [-0.39, 0.29) is 0 Å². The van der Waals surface area contributed by atoms with Crippen molar-refractivity contribution in [2.24, 2.45) is 0 Å². The van der Waals surface area contributed by atoms with Gasteiger partial charge < -0.3 is 0 Å². The summed E-state index contributed by atoms with van der Waals surface area (Å²) in [6.07, 6.45) is 7.03. The van der Waals surface area contributed by atoms with Crippen molar-refractivity contribution < 1.29 is 0 Å². The summed E-state index contributed by atoms with van der Waals surface area (Å²) < 4.78 is 0. The predicted molar refractivity (Wildman–Crippen MR) is 143 cm³/mol. The van der Waals surface area contributed by atoms with Gasteiger partial charge in [0.25, 0.3) is 0 Å². The average molecular weight is 443 g/mol. The van der Waals surface area contributed by atoms with Gasteiger partial charge in [0.1, 0.15) is 0 Å². The molecule has 0 N–H and O–H groups in total. The Morgan fingerprint density at radius 1 is 0.471 bits per heavy atom. The number of benzene rings is 4. The highest BCUT2D eigenvalue weighted by Gasteiger charge is 2.10. The summed E-state index contributed by atoms with van der Waals surface area (Å²) in [5, 5.41) is 1.18. The van der Waals surface area contributed by atoms with Gasteiger partial charge in [0.15, 0.2) is 5.82 Å². The van der Waals surface area contributed by atoms with Gasteiger partial charge in [-0.15, -0.1) is 0 Å². The number of para-hydroxylation sites is 1. The van der Waals surface area contributed by atoms with Gasteiger partial charge in [0, 0.05) is 10.9 Å². The zero-order chi connectivity index (χ0) is 23.0. The Labute approximate surface area is 202 Å². The molecule has 2 heteroatoms. The van der Waals surface area contributed by atoms with Crippen LogP contribution in [0.25, 0.3) is 33.4 Å². The first-order chi connectivity index (χ1) is 16.9. The monoisotopic (exact) mass is 442 g/mol. The van der Waals surface area contributed by atoms with Crippen LogP contribution in [-0.2, 0) is 12.8 Å². The molecule has 1 heterocycles. The molecule has 168 valence electrons. The van der Waals surface area contributed by atoms with Gasteiger partial charge in [-0.25, -0.2) is 9.97 Å². The molecule has 0 aliphatic carbocycles. The smallest absolute Gasteiger partial charge is 0.160 e. The lowest BCUT2D eigenvalue weighted by atomic mass is 10.0. The highest BCUT2D eigenvalue weighted by Crippen LogP contribution is 2.27. The number of aromatic nitrogens is 2. The summed E-state index contributed by atoms with van der Waals surface area (Å²) in [6.45, 7) is 0. The van der Waals surface area contributed by atoms with Crippen molar-refractivity contribution in [2.45, 2.75) is 38.5 Å². The molecule has 0 spiro atoms. The lowest BCUT2D eigenvalue weighted by molar-refractivity contribution is 0.637. The first-order valence-corrected chi connectivity index (χ1v) is 12.3. The predicted octanol–water partition coefficient (Wildman–Crippen LogP) is 8.31. The van der Waals surface area contributed by atoms with Crippen molar-refractivity contribution in [2.75, 3.05) is 0 Å². The lowest BCUT2D eigenvalue weighted by Crippen LogP contribution is -1.99. The van der Waals surface area contributed by atoms with Crippen LogP contribution >= 0.6 is 0 Å². The number of fused-ring (bicyclic) bond motifs is 1. The Hall–Kier alpha value is -3.78. The first kappa shape index (κ1) is 22.0. The molecule has 0 radical (unpaired) electrons. The van der Waals surface area contributed by atoms with Crippen LogP contribution in [0.15, 0.2) is 109 Å². The highest BCUT2D eigenvalue weighted by molar-refractivity contribution is 5.83. The SMILES string of the molecule is c1ccc(CCCCCCc2nc(-c3cccc(-c4ccccc4)c3)nc3ccccc23)cc1. The minimum atomic E-state index is 0.815. The lowest BCUT2D eigenvalue weighted by Gasteiger charge is -2.10. The molecule has 0 aliphatic rings. The molecule has 0 saturated carbocycles. The second kappa shape index (κ2) is 10.9. The number of hydrogen-bond acceptors (Lipinski definition) is 2. The minimum Gasteiger partial charge on any atom is -0.232 e. The highest BCUT2D eigenvalue weighted by atomic mass is 14.9. The minimum absolute atomic E-state index is 0.815. The summed E-state index contributed by atoms with van der Waals surface area (Å²) >= 11 is 0. The quantitative estimate of drug-likeness (QED) is 0.215. The average Bonchev–Trinajstić information content (AvgIpc) is 2.91. The molecule has 5 aromatic rings. The summed E-state index contributed by atoms with van der Waals surface area (Å²) in [5.74, 6) is 0.815. The van der Waals surface area contributed by atoms with Gasteiger partial charge in [-0.2, -0.15) is 0 Å². The summed E-state index contributed by atoms with van der Waals surface area (Å²) in [7, 11) is 0. The van der Waals surface area contributed by atoms with E-state index in [0.29, 0.717) is 0 Å². The third-order valence-corrected chi connectivity index (χ3v) is 6.38. The maximum Gasteiger partial charge on any atom is 0.160 e. The van der Waals surface area contributed by atoms with Crippen LogP contribution in [0, 0.1) is 0 Å². The van der Waals surface area contributed by atoms with Crippen LogP contribution in [0.3, 0.4) is 0 Å². The molecule has 34 heavy (non-hydrogen) atoms. The third-order valence-electron chi connectivity index (χ3n) is 6.38. The van der Waals surface area contributed by atoms with E-state index in [4.69, 9.17) is 9.97 Å². The van der Waals surface area contributed by atoms with E-state index < -0.39 is 0 Å². The van der Waals surface area contributed by atoms with E-state index in [9.17, 15) is 0 Å². The maximum atomic E-state index is 5.06. The van der Waals surface area contributed by atoms with Crippen LogP contribution < -0.4 is 0 Å². The molecule has 0 saturated heterocycles. The zero-order valence-electron chi connectivity index (χ0n) is 19.5. The van der Waals surface area contributed by atoms with Crippen LogP contribution in [-0.4, -0.2) is 9.97 Å². The van der Waals surface area contributed by atoms with Gasteiger partial charge >= 0.3 is 0 Å². The Morgan fingerprint density at radius 3 is 1.94 bits per heavy atom. The number of rotatable bonds is 9. The fraction of sp³-hybridized carbons (Fsp3) is 0.188. The molecule has 0 unspecified atom stereocenters. The number of hydrogen-bond donors (Lipinski definition) is 0. The van der Waals surface area contributed by atoms with Gasteiger partial charge in [-0.3, -0.25) is 0 Å². The maximum absolute atomic E-state index is 5.06. The molecule has 0 fully saturated rings. The largest absolute Gasteiger partial charge is 0.232 e. The van der Waals surface area contributed by atoms with Crippen molar-refractivity contribution in [1.29, 1.82) is 0 Å². The molecular weight excluding hydrogens is 412 g/mol. The molecule has 0 bridgehead atoms. The van der Waals surface area contributed by atoms with Crippen molar-refractivity contribution in [3.63, 3.8) is 0 Å². The number of unbranched alkanes of at least 4 members (excludes halogenated alkanes) is 3. The molecular formula is C32H30N2. The van der Waals surface area contributed by atoms with Gasteiger partial charge in [0.05, 0.1) is 11.2 Å². The number of aryl methyl sites for hydroxylation is 2. The molecule has 0 amide bonds. The summed E-state index contributed by atoms with van der Waals surface area (Å²) in [6, 6.07) is 38.2. The van der Waals surface area contributed by atoms with E-state index in [1.54, 1.807) is 0 Å². The van der Waals surface area contributed by atoms with Crippen molar-refractivity contribution >= 4 is 10.9 Å². The topological polar surface area (TPSA) is 25.8 Å². The standard InChI is InChI=1S/C32H30N2/c1(5-14-25-15-6-3-7-16-25)2-10-22-30-29-21-11-12-23-31(29)34-32(33-30)28-20-13-19-27(24-28)26-17-8-4-9-18-26/h3-4,6-9,11-13,15-21,23-24H,1-2,5,10,14,22H2. The van der Waals surface area contributed by atoms with Crippen LogP contribution in [0.1, 0.15) is 36.9 Å². The number of nitrogens with zero attached hydrogens (tertiary/aromatic N) is 2. The molecule has 5 rings (SSSR count). The second-order valence-electron chi connectivity index (χ2n) is 8.86. The Bertz CT molecular complexity index is 1340. The van der Waals surface area contributed by atoms with E-state index in [1.165, 1.54) is 47.8 Å². The zero-order valence-corrected chi connectivity index (χ0v) is 19.5.